The summed E-state index contributed by atoms with van der Waals surface area (Å²) in [6.45, 7) is 3.88. The van der Waals surface area contributed by atoms with E-state index in [1.165, 1.54) is 6.07 Å². The van der Waals surface area contributed by atoms with E-state index in [1.807, 2.05) is 6.92 Å². The molecule has 2 aromatic rings. The molecular formula is C17H17NO4. The number of phenols is 1. The lowest BCUT2D eigenvalue weighted by Gasteiger charge is -2.08. The second-order valence-electron chi connectivity index (χ2n) is 4.77. The lowest BCUT2D eigenvalue weighted by Crippen LogP contribution is -2.12. The van der Waals surface area contributed by atoms with Gasteiger partial charge in [0.15, 0.2) is 0 Å². The number of carbonyl (C=O) groups excluding carboxylic acids is 2. The second kappa shape index (κ2) is 6.76. The third kappa shape index (κ3) is 3.63. The highest BCUT2D eigenvalue weighted by Crippen LogP contribution is 2.20. The van der Waals surface area contributed by atoms with E-state index in [4.69, 9.17) is 4.74 Å². The summed E-state index contributed by atoms with van der Waals surface area (Å²) in [6, 6.07) is 11.2. The molecule has 0 saturated heterocycles. The Morgan fingerprint density at radius 1 is 1.14 bits per heavy atom. The molecule has 0 unspecified atom stereocenters. The molecule has 0 fully saturated rings. The molecule has 0 atom stereocenters. The van der Waals surface area contributed by atoms with Crippen molar-refractivity contribution in [3.63, 3.8) is 0 Å². The van der Waals surface area contributed by atoms with Gasteiger partial charge in [0.05, 0.1) is 17.7 Å². The second-order valence-corrected chi connectivity index (χ2v) is 4.77. The molecule has 0 bridgehead atoms. The van der Waals surface area contributed by atoms with Gasteiger partial charge in [-0.1, -0.05) is 6.07 Å². The molecule has 5 heteroatoms. The van der Waals surface area contributed by atoms with Gasteiger partial charge in [-0.15, -0.1) is 0 Å². The minimum absolute atomic E-state index is 0.0688. The summed E-state index contributed by atoms with van der Waals surface area (Å²) in [4.78, 5) is 23.6. The van der Waals surface area contributed by atoms with Crippen LogP contribution < -0.4 is 5.32 Å². The van der Waals surface area contributed by atoms with Crippen molar-refractivity contribution in [1.82, 2.24) is 0 Å². The average molecular weight is 299 g/mol. The first kappa shape index (κ1) is 15.6. The Kier molecular flexibility index (Phi) is 4.78. The van der Waals surface area contributed by atoms with Gasteiger partial charge in [0.2, 0.25) is 0 Å². The topological polar surface area (TPSA) is 75.6 Å². The number of amides is 1. The summed E-state index contributed by atoms with van der Waals surface area (Å²) in [5, 5.41) is 12.5. The number of aromatic hydroxyl groups is 1. The van der Waals surface area contributed by atoms with Crippen molar-refractivity contribution in [2.24, 2.45) is 0 Å². The van der Waals surface area contributed by atoms with Crippen molar-refractivity contribution in [3.05, 3.63) is 59.2 Å². The number of nitrogens with one attached hydrogen (secondary N) is 1. The van der Waals surface area contributed by atoms with Crippen LogP contribution >= 0.6 is 0 Å². The van der Waals surface area contributed by atoms with Crippen molar-refractivity contribution in [3.8, 4) is 5.75 Å². The van der Waals surface area contributed by atoms with Gasteiger partial charge in [-0.25, -0.2) is 4.79 Å². The Morgan fingerprint density at radius 2 is 1.82 bits per heavy atom. The number of anilines is 1. The summed E-state index contributed by atoms with van der Waals surface area (Å²) < 4.78 is 4.89. The van der Waals surface area contributed by atoms with Crippen LogP contribution in [0.25, 0.3) is 0 Å². The molecule has 114 valence electrons. The van der Waals surface area contributed by atoms with Crippen molar-refractivity contribution < 1.29 is 19.4 Å². The molecule has 2 aromatic carbocycles. The van der Waals surface area contributed by atoms with Crippen LogP contribution in [0.2, 0.25) is 0 Å². The molecule has 0 aromatic heterocycles. The van der Waals surface area contributed by atoms with Gasteiger partial charge in [-0.2, -0.15) is 0 Å². The smallest absolute Gasteiger partial charge is 0.338 e. The van der Waals surface area contributed by atoms with E-state index in [-0.39, 0.29) is 11.3 Å². The SMILES string of the molecule is CCOC(=O)c1ccc(NC(=O)c2ccc(C)cc2O)cc1. The molecule has 1 amide bonds. The highest BCUT2D eigenvalue weighted by molar-refractivity contribution is 6.06. The maximum atomic E-state index is 12.1. The van der Waals surface area contributed by atoms with Gasteiger partial charge in [0.1, 0.15) is 5.75 Å². The van der Waals surface area contributed by atoms with E-state index in [2.05, 4.69) is 5.32 Å². The quantitative estimate of drug-likeness (QED) is 0.850. The molecule has 0 heterocycles. The van der Waals surface area contributed by atoms with E-state index in [0.29, 0.717) is 17.9 Å². The number of carbonyl (C=O) groups is 2. The molecule has 0 spiro atoms. The Morgan fingerprint density at radius 3 is 2.41 bits per heavy atom. The van der Waals surface area contributed by atoms with E-state index >= 15 is 0 Å². The molecule has 22 heavy (non-hydrogen) atoms. The number of hydrogen-bond donors (Lipinski definition) is 2. The normalized spacial score (nSPS) is 10.1. The first-order valence-electron chi connectivity index (χ1n) is 6.89. The molecule has 2 N–H and O–H groups in total. The Balaban J connectivity index is 2.10. The molecule has 0 aliphatic carbocycles. The molecule has 2 rings (SSSR count). The molecule has 0 aliphatic heterocycles. The number of phenolic OH excluding ortho intramolecular Hbond substituents is 1. The lowest BCUT2D eigenvalue weighted by molar-refractivity contribution is 0.0526. The zero-order valence-corrected chi connectivity index (χ0v) is 12.4. The summed E-state index contributed by atoms with van der Waals surface area (Å²) in [7, 11) is 0. The number of hydrogen-bond acceptors (Lipinski definition) is 4. The fourth-order valence-corrected chi connectivity index (χ4v) is 1.94. The van der Waals surface area contributed by atoms with Crippen molar-refractivity contribution in [2.45, 2.75) is 13.8 Å². The Labute approximate surface area is 128 Å². The maximum Gasteiger partial charge on any atom is 0.338 e. The number of rotatable bonds is 4. The van der Waals surface area contributed by atoms with E-state index in [0.717, 1.165) is 5.56 Å². The highest BCUT2D eigenvalue weighted by atomic mass is 16.5. The van der Waals surface area contributed by atoms with Crippen LogP contribution in [-0.2, 0) is 4.74 Å². The number of esters is 1. The van der Waals surface area contributed by atoms with Crippen LogP contribution in [0.3, 0.4) is 0 Å². The van der Waals surface area contributed by atoms with Crippen LogP contribution in [-0.4, -0.2) is 23.6 Å². The van der Waals surface area contributed by atoms with Crippen molar-refractivity contribution in [2.75, 3.05) is 11.9 Å². The van der Waals surface area contributed by atoms with Gasteiger partial charge >= 0.3 is 5.97 Å². The molecular weight excluding hydrogens is 282 g/mol. The monoisotopic (exact) mass is 299 g/mol. The fraction of sp³-hybridized carbons (Fsp3) is 0.176. The average Bonchev–Trinajstić information content (AvgIpc) is 2.48. The van der Waals surface area contributed by atoms with Crippen LogP contribution in [0.15, 0.2) is 42.5 Å². The maximum absolute atomic E-state index is 12.1. The predicted molar refractivity (Wildman–Crippen MR) is 83.2 cm³/mol. The third-order valence-electron chi connectivity index (χ3n) is 3.05. The minimum Gasteiger partial charge on any atom is -0.507 e. The first-order chi connectivity index (χ1) is 10.5. The molecule has 0 saturated carbocycles. The van der Waals surface area contributed by atoms with Gasteiger partial charge < -0.3 is 15.2 Å². The highest BCUT2D eigenvalue weighted by Gasteiger charge is 2.12. The third-order valence-corrected chi connectivity index (χ3v) is 3.05. The number of benzene rings is 2. The van der Waals surface area contributed by atoms with Gasteiger partial charge in [-0.05, 0) is 55.8 Å². The van der Waals surface area contributed by atoms with Crippen LogP contribution in [0.4, 0.5) is 5.69 Å². The summed E-state index contributed by atoms with van der Waals surface area (Å²) in [5.74, 6) is -0.890. The Hall–Kier alpha value is -2.82. The zero-order valence-electron chi connectivity index (χ0n) is 12.4. The lowest BCUT2D eigenvalue weighted by atomic mass is 10.1. The fourth-order valence-electron chi connectivity index (χ4n) is 1.94. The van der Waals surface area contributed by atoms with Gasteiger partial charge in [0, 0.05) is 5.69 Å². The van der Waals surface area contributed by atoms with Crippen LogP contribution in [0, 0.1) is 6.92 Å². The number of aryl methyl sites for hydroxylation is 1. The largest absolute Gasteiger partial charge is 0.507 e. The molecule has 5 nitrogen and oxygen atoms in total. The molecule has 0 radical (unpaired) electrons. The first-order valence-corrected chi connectivity index (χ1v) is 6.89. The standard InChI is InChI=1S/C17H17NO4/c1-3-22-17(21)12-5-7-13(8-6-12)18-16(20)14-9-4-11(2)10-15(14)19/h4-10,19H,3H2,1-2H3,(H,18,20). The van der Waals surface area contributed by atoms with Crippen molar-refractivity contribution >= 4 is 17.6 Å². The zero-order chi connectivity index (χ0) is 16.1. The van der Waals surface area contributed by atoms with E-state index in [1.54, 1.807) is 43.3 Å². The van der Waals surface area contributed by atoms with Crippen LogP contribution in [0.1, 0.15) is 33.2 Å². The summed E-state index contributed by atoms with van der Waals surface area (Å²) in [6.07, 6.45) is 0. The van der Waals surface area contributed by atoms with Gasteiger partial charge in [-0.3, -0.25) is 4.79 Å². The minimum atomic E-state index is -0.415. The van der Waals surface area contributed by atoms with E-state index in [9.17, 15) is 14.7 Å². The molecule has 0 aliphatic rings. The van der Waals surface area contributed by atoms with Crippen LogP contribution in [0.5, 0.6) is 5.75 Å². The number of ether oxygens (including phenoxy) is 1. The summed E-state index contributed by atoms with van der Waals surface area (Å²) >= 11 is 0. The van der Waals surface area contributed by atoms with E-state index < -0.39 is 11.9 Å². The Bertz CT molecular complexity index is 692. The summed E-state index contributed by atoms with van der Waals surface area (Å²) in [5.41, 5.74) is 2.00. The predicted octanol–water partition coefficient (Wildman–Crippen LogP) is 3.13. The van der Waals surface area contributed by atoms with Gasteiger partial charge in [0.25, 0.3) is 5.91 Å². The van der Waals surface area contributed by atoms with Crippen molar-refractivity contribution in [1.29, 1.82) is 0 Å².